The maximum Gasteiger partial charge on any atom is 0.135 e. The lowest BCUT2D eigenvalue weighted by Crippen LogP contribution is -2.10. The van der Waals surface area contributed by atoms with Gasteiger partial charge in [0.05, 0.1) is 11.8 Å². The first-order valence-corrected chi connectivity index (χ1v) is 6.41. The van der Waals surface area contributed by atoms with Crippen molar-refractivity contribution in [3.05, 3.63) is 29.6 Å². The molecule has 3 nitrogen and oxygen atoms in total. The summed E-state index contributed by atoms with van der Waals surface area (Å²) in [5.41, 5.74) is 1.60. The molecule has 0 amide bonds. The van der Waals surface area contributed by atoms with E-state index in [-0.39, 0.29) is 11.2 Å². The average Bonchev–Trinajstić information content (AvgIpc) is 2.24. The topological polar surface area (TPSA) is 50.2 Å². The van der Waals surface area contributed by atoms with Gasteiger partial charge in [0.1, 0.15) is 5.78 Å². The third-order valence-electron chi connectivity index (χ3n) is 2.77. The zero-order valence-corrected chi connectivity index (χ0v) is 11.7. The summed E-state index contributed by atoms with van der Waals surface area (Å²) in [4.78, 5) is 15.4. The largest absolute Gasteiger partial charge is 0.387 e. The third-order valence-corrected chi connectivity index (χ3v) is 2.77. The van der Waals surface area contributed by atoms with E-state index >= 15 is 0 Å². The highest BCUT2D eigenvalue weighted by Gasteiger charge is 2.16. The van der Waals surface area contributed by atoms with Crippen molar-refractivity contribution in [3.63, 3.8) is 0 Å². The summed E-state index contributed by atoms with van der Waals surface area (Å²) >= 11 is 0. The summed E-state index contributed by atoms with van der Waals surface area (Å²) in [6.45, 7) is 8.00. The molecule has 18 heavy (non-hydrogen) atoms. The van der Waals surface area contributed by atoms with E-state index < -0.39 is 6.10 Å². The fourth-order valence-corrected chi connectivity index (χ4v) is 1.75. The minimum absolute atomic E-state index is 0.0869. The Hall–Kier alpha value is -1.22. The van der Waals surface area contributed by atoms with Gasteiger partial charge >= 0.3 is 0 Å². The monoisotopic (exact) mass is 249 g/mol. The second kappa shape index (κ2) is 6.10. The van der Waals surface area contributed by atoms with Gasteiger partial charge in [0.15, 0.2) is 0 Å². The Bertz CT molecular complexity index is 407. The molecule has 0 radical (unpaired) electrons. The molecule has 0 aliphatic rings. The summed E-state index contributed by atoms with van der Waals surface area (Å²) in [5.74, 6) is 0.0869. The summed E-state index contributed by atoms with van der Waals surface area (Å²) in [6.07, 6.45) is 1.42. The van der Waals surface area contributed by atoms with Crippen molar-refractivity contribution in [2.45, 2.75) is 53.1 Å². The number of carbonyl (C=O) groups excluding carboxylic acids is 1. The number of hydrogen-bond acceptors (Lipinski definition) is 3. The molecule has 100 valence electrons. The van der Waals surface area contributed by atoms with Crippen LogP contribution in [-0.4, -0.2) is 15.9 Å². The van der Waals surface area contributed by atoms with Crippen molar-refractivity contribution in [2.24, 2.45) is 5.41 Å². The van der Waals surface area contributed by atoms with E-state index in [1.54, 1.807) is 6.92 Å². The van der Waals surface area contributed by atoms with Gasteiger partial charge in [-0.1, -0.05) is 26.8 Å². The van der Waals surface area contributed by atoms with Gasteiger partial charge in [0.25, 0.3) is 0 Å². The fourth-order valence-electron chi connectivity index (χ4n) is 1.75. The van der Waals surface area contributed by atoms with Gasteiger partial charge in [-0.15, -0.1) is 0 Å². The smallest absolute Gasteiger partial charge is 0.135 e. The van der Waals surface area contributed by atoms with E-state index in [0.717, 1.165) is 12.1 Å². The average molecular weight is 249 g/mol. The van der Waals surface area contributed by atoms with Crippen LogP contribution in [0.4, 0.5) is 0 Å². The molecule has 1 aromatic heterocycles. The highest BCUT2D eigenvalue weighted by Crippen LogP contribution is 2.26. The molecule has 1 aromatic rings. The predicted molar refractivity (Wildman–Crippen MR) is 72.3 cm³/mol. The number of carbonyl (C=O) groups is 1. The highest BCUT2D eigenvalue weighted by molar-refractivity contribution is 5.77. The van der Waals surface area contributed by atoms with E-state index in [1.807, 2.05) is 18.2 Å². The fraction of sp³-hybridized carbons (Fsp3) is 0.600. The second-order valence-electron chi connectivity index (χ2n) is 6.05. The van der Waals surface area contributed by atoms with E-state index in [1.165, 1.54) is 0 Å². The van der Waals surface area contributed by atoms with Crippen molar-refractivity contribution in [1.29, 1.82) is 0 Å². The summed E-state index contributed by atoms with van der Waals surface area (Å²) < 4.78 is 0. The lowest BCUT2D eigenvalue weighted by atomic mass is 9.89. The molecule has 1 rings (SSSR count). The van der Waals surface area contributed by atoms with Crippen LogP contribution in [-0.2, 0) is 11.2 Å². The SMILES string of the molecule is CC(=O)Cc1cccc([C@@H](O)CCC(C)(C)C)n1. The van der Waals surface area contributed by atoms with Gasteiger partial charge in [0.2, 0.25) is 0 Å². The Kier molecular flexibility index (Phi) is 5.03. The number of aliphatic hydroxyl groups is 1. The van der Waals surface area contributed by atoms with Gasteiger partial charge in [-0.3, -0.25) is 9.78 Å². The van der Waals surface area contributed by atoms with Crippen LogP contribution in [0.5, 0.6) is 0 Å². The number of rotatable bonds is 5. The number of aromatic nitrogens is 1. The molecule has 1 N–H and O–H groups in total. The molecule has 0 bridgehead atoms. The van der Waals surface area contributed by atoms with Crippen LogP contribution in [0.2, 0.25) is 0 Å². The van der Waals surface area contributed by atoms with Crippen molar-refractivity contribution < 1.29 is 9.90 Å². The van der Waals surface area contributed by atoms with Gasteiger partial charge < -0.3 is 5.11 Å². The van der Waals surface area contributed by atoms with E-state index in [9.17, 15) is 9.90 Å². The van der Waals surface area contributed by atoms with Crippen LogP contribution in [0.3, 0.4) is 0 Å². The van der Waals surface area contributed by atoms with Crippen LogP contribution in [0.1, 0.15) is 58.0 Å². The van der Waals surface area contributed by atoms with Crippen LogP contribution in [0.15, 0.2) is 18.2 Å². The van der Waals surface area contributed by atoms with Crippen LogP contribution in [0, 0.1) is 5.41 Å². The summed E-state index contributed by atoms with van der Waals surface area (Å²) in [6, 6.07) is 5.49. The molecule has 0 aliphatic carbocycles. The molecule has 0 spiro atoms. The first-order valence-electron chi connectivity index (χ1n) is 6.41. The molecule has 1 heterocycles. The Labute approximate surface area is 109 Å². The Balaban J connectivity index is 2.68. The molecular weight excluding hydrogens is 226 g/mol. The summed E-state index contributed by atoms with van der Waals surface area (Å²) in [7, 11) is 0. The summed E-state index contributed by atoms with van der Waals surface area (Å²) in [5, 5.41) is 10.1. The maximum atomic E-state index is 11.0. The van der Waals surface area contributed by atoms with Crippen LogP contribution in [0.25, 0.3) is 0 Å². The van der Waals surface area contributed by atoms with Crippen molar-refractivity contribution >= 4 is 5.78 Å². The molecule has 1 atom stereocenters. The lowest BCUT2D eigenvalue weighted by molar-refractivity contribution is -0.116. The number of Topliss-reactive ketones (excluding diaryl/α,β-unsaturated/α-hetero) is 1. The number of nitrogens with zero attached hydrogens (tertiary/aromatic N) is 1. The van der Waals surface area contributed by atoms with Crippen molar-refractivity contribution in [2.75, 3.05) is 0 Å². The highest BCUT2D eigenvalue weighted by atomic mass is 16.3. The van der Waals surface area contributed by atoms with E-state index in [4.69, 9.17) is 0 Å². The van der Waals surface area contributed by atoms with Crippen molar-refractivity contribution in [3.8, 4) is 0 Å². The molecule has 0 saturated carbocycles. The van der Waals surface area contributed by atoms with Crippen LogP contribution < -0.4 is 0 Å². The third kappa shape index (κ3) is 5.41. The Morgan fingerprint density at radius 2 is 2.06 bits per heavy atom. The lowest BCUT2D eigenvalue weighted by Gasteiger charge is -2.20. The molecule has 0 aromatic carbocycles. The normalized spacial score (nSPS) is 13.4. The number of ketones is 1. The number of pyridine rings is 1. The number of aliphatic hydroxyl groups excluding tert-OH is 1. The first kappa shape index (κ1) is 14.8. The second-order valence-corrected chi connectivity index (χ2v) is 6.05. The molecular formula is C15H23NO2. The molecule has 0 fully saturated rings. The Morgan fingerprint density at radius 3 is 2.61 bits per heavy atom. The van der Waals surface area contributed by atoms with Gasteiger partial charge in [-0.2, -0.15) is 0 Å². The molecule has 0 unspecified atom stereocenters. The minimum atomic E-state index is -0.545. The predicted octanol–water partition coefficient (Wildman–Crippen LogP) is 3.07. The van der Waals surface area contributed by atoms with Gasteiger partial charge in [-0.05, 0) is 37.3 Å². The molecule has 0 saturated heterocycles. The molecule has 0 aliphatic heterocycles. The van der Waals surface area contributed by atoms with E-state index in [2.05, 4.69) is 25.8 Å². The van der Waals surface area contributed by atoms with E-state index in [0.29, 0.717) is 18.5 Å². The quantitative estimate of drug-likeness (QED) is 0.872. The van der Waals surface area contributed by atoms with Crippen LogP contribution >= 0.6 is 0 Å². The minimum Gasteiger partial charge on any atom is -0.387 e. The zero-order valence-electron chi connectivity index (χ0n) is 11.7. The van der Waals surface area contributed by atoms with Gasteiger partial charge in [0, 0.05) is 12.1 Å². The van der Waals surface area contributed by atoms with Crippen molar-refractivity contribution in [1.82, 2.24) is 4.98 Å². The maximum absolute atomic E-state index is 11.0. The standard InChI is InChI=1S/C15H23NO2/c1-11(17)10-12-6-5-7-13(16-12)14(18)8-9-15(2,3)4/h5-7,14,18H,8-10H2,1-4H3/t14-/m0/s1. The Morgan fingerprint density at radius 1 is 1.39 bits per heavy atom. The first-order chi connectivity index (χ1) is 8.28. The van der Waals surface area contributed by atoms with Gasteiger partial charge in [-0.25, -0.2) is 0 Å². The molecule has 3 heteroatoms. The zero-order chi connectivity index (χ0) is 13.8. The number of hydrogen-bond donors (Lipinski definition) is 1.